The largest absolute Gasteiger partial charge is 0.416 e. The van der Waals surface area contributed by atoms with Crippen LogP contribution in [0.1, 0.15) is 53.7 Å². The summed E-state index contributed by atoms with van der Waals surface area (Å²) in [5, 5.41) is 2.93. The van der Waals surface area contributed by atoms with Gasteiger partial charge in [0.05, 0.1) is 5.56 Å². The average Bonchev–Trinajstić information content (AvgIpc) is 2.88. The van der Waals surface area contributed by atoms with Crippen molar-refractivity contribution < 1.29 is 22.8 Å². The van der Waals surface area contributed by atoms with Crippen LogP contribution < -0.4 is 5.32 Å². The molecule has 2 amide bonds. The average molecular weight is 495 g/mol. The third-order valence-corrected chi connectivity index (χ3v) is 6.82. The van der Waals surface area contributed by atoms with Gasteiger partial charge in [0.1, 0.15) is 0 Å². The highest BCUT2D eigenvalue weighted by Gasteiger charge is 2.30. The number of halogens is 3. The Morgan fingerprint density at radius 2 is 1.64 bits per heavy atom. The number of hydrogen-bond acceptors (Lipinski definition) is 2. The molecule has 0 atom stereocenters. The van der Waals surface area contributed by atoms with E-state index in [2.05, 4.69) is 5.32 Å². The molecule has 7 heteroatoms. The van der Waals surface area contributed by atoms with Gasteiger partial charge in [-0.15, -0.1) is 0 Å². The number of nitrogens with one attached hydrogen (secondary N) is 1. The first-order valence-electron chi connectivity index (χ1n) is 12.2. The lowest BCUT2D eigenvalue weighted by atomic mass is 9.95. The van der Waals surface area contributed by atoms with E-state index in [1.54, 1.807) is 24.3 Å². The summed E-state index contributed by atoms with van der Waals surface area (Å²) in [6.45, 7) is 5.29. The van der Waals surface area contributed by atoms with Gasteiger partial charge in [0, 0.05) is 30.3 Å². The van der Waals surface area contributed by atoms with Crippen LogP contribution in [0.2, 0.25) is 0 Å². The minimum atomic E-state index is -4.42. The molecule has 1 aliphatic rings. The molecule has 0 saturated heterocycles. The zero-order valence-corrected chi connectivity index (χ0v) is 20.4. The summed E-state index contributed by atoms with van der Waals surface area (Å²) in [5.41, 5.74) is 3.53. The number of nitrogens with zero attached hydrogens (tertiary/aromatic N) is 1. The molecule has 3 aromatic rings. The Bertz CT molecular complexity index is 1250. The van der Waals surface area contributed by atoms with Crippen LogP contribution in [0.3, 0.4) is 0 Å². The van der Waals surface area contributed by atoms with Crippen LogP contribution in [-0.2, 0) is 23.9 Å². The zero-order chi connectivity index (χ0) is 25.9. The van der Waals surface area contributed by atoms with Gasteiger partial charge in [0.15, 0.2) is 0 Å². The van der Waals surface area contributed by atoms with Gasteiger partial charge >= 0.3 is 6.18 Å². The fraction of sp³-hybridized carbons (Fsp3) is 0.310. The Balaban J connectivity index is 1.50. The second kappa shape index (κ2) is 10.6. The van der Waals surface area contributed by atoms with Crippen molar-refractivity contribution in [3.8, 4) is 11.1 Å². The maximum absolute atomic E-state index is 13.1. The molecule has 1 heterocycles. The second-order valence-electron chi connectivity index (χ2n) is 9.08. The number of anilines is 1. The van der Waals surface area contributed by atoms with Gasteiger partial charge in [-0.1, -0.05) is 50.2 Å². The topological polar surface area (TPSA) is 49.4 Å². The van der Waals surface area contributed by atoms with E-state index in [-0.39, 0.29) is 17.7 Å². The third kappa shape index (κ3) is 5.45. The zero-order valence-electron chi connectivity index (χ0n) is 20.4. The Morgan fingerprint density at radius 3 is 2.31 bits per heavy atom. The van der Waals surface area contributed by atoms with Gasteiger partial charge < -0.3 is 10.2 Å². The summed E-state index contributed by atoms with van der Waals surface area (Å²) in [6, 6.07) is 17.3. The number of hydrogen-bond donors (Lipinski definition) is 1. The van der Waals surface area contributed by atoms with Crippen LogP contribution in [0.5, 0.6) is 0 Å². The van der Waals surface area contributed by atoms with E-state index in [4.69, 9.17) is 0 Å². The van der Waals surface area contributed by atoms with Gasteiger partial charge in [-0.2, -0.15) is 13.2 Å². The standard InChI is InChI=1S/C29H29F3N2O2/c1-3-19(4-2)28(36)34-16-15-21-17-24(14-11-22(21)18-34)33-27(35)26-8-6-5-7-25(26)20-9-12-23(13-10-20)29(30,31)32/h5-14,17,19H,3-4,15-16,18H2,1-2H3,(H,33,35). The van der Waals surface area contributed by atoms with Crippen LogP contribution >= 0.6 is 0 Å². The van der Waals surface area contributed by atoms with E-state index in [9.17, 15) is 22.8 Å². The van der Waals surface area contributed by atoms with E-state index in [1.807, 2.05) is 36.9 Å². The number of rotatable bonds is 6. The lowest BCUT2D eigenvalue weighted by molar-refractivity contribution is -0.138. The van der Waals surface area contributed by atoms with E-state index in [0.717, 1.165) is 36.1 Å². The molecular weight excluding hydrogens is 465 g/mol. The summed E-state index contributed by atoms with van der Waals surface area (Å²) in [4.78, 5) is 27.8. The predicted octanol–water partition coefficient (Wildman–Crippen LogP) is 6.95. The van der Waals surface area contributed by atoms with Gasteiger partial charge in [-0.05, 0) is 71.8 Å². The second-order valence-corrected chi connectivity index (χ2v) is 9.08. The number of carbonyl (C=O) groups excluding carboxylic acids is 2. The van der Waals surface area contributed by atoms with Crippen LogP contribution in [0.25, 0.3) is 11.1 Å². The van der Waals surface area contributed by atoms with Crippen LogP contribution in [-0.4, -0.2) is 23.3 Å². The fourth-order valence-electron chi connectivity index (χ4n) is 4.69. The third-order valence-electron chi connectivity index (χ3n) is 6.82. The molecule has 188 valence electrons. The molecule has 0 spiro atoms. The van der Waals surface area contributed by atoms with Crippen molar-refractivity contribution in [2.24, 2.45) is 5.92 Å². The molecule has 36 heavy (non-hydrogen) atoms. The summed E-state index contributed by atoms with van der Waals surface area (Å²) in [5.74, 6) is -0.0930. The van der Waals surface area contributed by atoms with Crippen molar-refractivity contribution in [1.82, 2.24) is 4.90 Å². The molecule has 1 aliphatic heterocycles. The lowest BCUT2D eigenvalue weighted by Gasteiger charge is -2.31. The van der Waals surface area contributed by atoms with Crippen LogP contribution in [0.15, 0.2) is 66.7 Å². The molecular formula is C29H29F3N2O2. The van der Waals surface area contributed by atoms with Gasteiger partial charge in [-0.3, -0.25) is 9.59 Å². The van der Waals surface area contributed by atoms with Crippen molar-refractivity contribution in [2.75, 3.05) is 11.9 Å². The molecule has 0 radical (unpaired) electrons. The molecule has 0 fully saturated rings. The minimum Gasteiger partial charge on any atom is -0.338 e. The van der Waals surface area contributed by atoms with Crippen molar-refractivity contribution in [3.63, 3.8) is 0 Å². The van der Waals surface area contributed by atoms with E-state index >= 15 is 0 Å². The van der Waals surface area contributed by atoms with Crippen LogP contribution in [0, 0.1) is 5.92 Å². The Kier molecular flexibility index (Phi) is 7.48. The first-order chi connectivity index (χ1) is 17.2. The van der Waals surface area contributed by atoms with Crippen molar-refractivity contribution in [1.29, 1.82) is 0 Å². The number of benzene rings is 3. The SMILES string of the molecule is CCC(CC)C(=O)N1CCc2cc(NC(=O)c3ccccc3-c3ccc(C(F)(F)F)cc3)ccc2C1. The quantitative estimate of drug-likeness (QED) is 0.403. The molecule has 0 unspecified atom stereocenters. The van der Waals surface area contributed by atoms with E-state index in [1.165, 1.54) is 12.1 Å². The van der Waals surface area contributed by atoms with Gasteiger partial charge in [-0.25, -0.2) is 0 Å². The molecule has 4 rings (SSSR count). The first kappa shape index (κ1) is 25.5. The number of amides is 2. The van der Waals surface area contributed by atoms with Gasteiger partial charge in [0.25, 0.3) is 5.91 Å². The molecule has 0 saturated carbocycles. The summed E-state index contributed by atoms with van der Waals surface area (Å²) in [6.07, 6.45) is -2.04. The van der Waals surface area contributed by atoms with Gasteiger partial charge in [0.2, 0.25) is 5.91 Å². The summed E-state index contributed by atoms with van der Waals surface area (Å²) < 4.78 is 38.8. The lowest BCUT2D eigenvalue weighted by Crippen LogP contribution is -2.39. The van der Waals surface area contributed by atoms with Crippen LogP contribution in [0.4, 0.5) is 18.9 Å². The minimum absolute atomic E-state index is 0.0508. The predicted molar refractivity (Wildman–Crippen MR) is 134 cm³/mol. The molecule has 0 aliphatic carbocycles. The number of alkyl halides is 3. The smallest absolute Gasteiger partial charge is 0.338 e. The van der Waals surface area contributed by atoms with Crippen molar-refractivity contribution in [2.45, 2.75) is 45.8 Å². The maximum Gasteiger partial charge on any atom is 0.416 e. The highest BCUT2D eigenvalue weighted by molar-refractivity contribution is 6.08. The summed E-state index contributed by atoms with van der Waals surface area (Å²) in [7, 11) is 0. The number of carbonyl (C=O) groups is 2. The highest BCUT2D eigenvalue weighted by atomic mass is 19.4. The molecule has 1 N–H and O–H groups in total. The normalized spacial score (nSPS) is 13.4. The van der Waals surface area contributed by atoms with E-state index in [0.29, 0.717) is 41.9 Å². The summed E-state index contributed by atoms with van der Waals surface area (Å²) >= 11 is 0. The highest BCUT2D eigenvalue weighted by Crippen LogP contribution is 2.32. The maximum atomic E-state index is 13.1. The molecule has 0 bridgehead atoms. The van der Waals surface area contributed by atoms with E-state index < -0.39 is 11.7 Å². The number of fused-ring (bicyclic) bond motifs is 1. The Labute approximate surface area is 209 Å². The Morgan fingerprint density at radius 1 is 0.944 bits per heavy atom. The molecule has 0 aromatic heterocycles. The molecule has 4 nitrogen and oxygen atoms in total. The van der Waals surface area contributed by atoms with Crippen molar-refractivity contribution >= 4 is 17.5 Å². The molecule has 3 aromatic carbocycles. The van der Waals surface area contributed by atoms with Crippen molar-refractivity contribution in [3.05, 3.63) is 89.0 Å². The monoisotopic (exact) mass is 494 g/mol. The Hall–Kier alpha value is -3.61. The first-order valence-corrected chi connectivity index (χ1v) is 12.2. The fourth-order valence-corrected chi connectivity index (χ4v) is 4.69.